The van der Waals surface area contributed by atoms with Crippen molar-refractivity contribution in [2.24, 2.45) is 11.8 Å². The Hall–Kier alpha value is -5.92. The fourth-order valence-corrected chi connectivity index (χ4v) is 11.0. The van der Waals surface area contributed by atoms with Gasteiger partial charge < -0.3 is 4.90 Å². The third-order valence-corrected chi connectivity index (χ3v) is 13.7. The minimum Gasteiger partial charge on any atom is -0.310 e. The highest BCUT2D eigenvalue weighted by molar-refractivity contribution is 5.98. The van der Waals surface area contributed by atoms with Crippen molar-refractivity contribution < 1.29 is 0 Å². The van der Waals surface area contributed by atoms with E-state index in [-0.39, 0.29) is 10.8 Å². The molecule has 6 aromatic rings. The maximum Gasteiger partial charge on any atom is 0.0689 e. The van der Waals surface area contributed by atoms with Gasteiger partial charge in [0.05, 0.1) is 5.41 Å². The lowest BCUT2D eigenvalue weighted by Crippen LogP contribution is -2.29. The van der Waals surface area contributed by atoms with Crippen LogP contribution in [-0.2, 0) is 10.8 Å². The lowest BCUT2D eigenvalue weighted by atomic mass is 9.67. The molecule has 11 rings (SSSR count). The first kappa shape index (κ1) is 33.4. The normalized spacial score (nSPS) is 20.1. The quantitative estimate of drug-likeness (QED) is 0.175. The predicted octanol–water partition coefficient (Wildman–Crippen LogP) is 14.5. The van der Waals surface area contributed by atoms with Gasteiger partial charge in [0, 0.05) is 22.5 Å². The van der Waals surface area contributed by atoms with Crippen molar-refractivity contribution in [3.63, 3.8) is 0 Å². The van der Waals surface area contributed by atoms with Crippen LogP contribution in [-0.4, -0.2) is 0 Å². The molecule has 0 heterocycles. The van der Waals surface area contributed by atoms with Crippen molar-refractivity contribution in [1.29, 1.82) is 0 Å². The highest BCUT2D eigenvalue weighted by Gasteiger charge is 2.53. The summed E-state index contributed by atoms with van der Waals surface area (Å²) in [7, 11) is 0. The van der Waals surface area contributed by atoms with Crippen molar-refractivity contribution in [1.82, 2.24) is 0 Å². The molecule has 5 aliphatic rings. The summed E-state index contributed by atoms with van der Waals surface area (Å²) >= 11 is 0. The number of rotatable bonds is 4. The molecule has 56 heavy (non-hydrogen) atoms. The topological polar surface area (TPSA) is 3.24 Å². The van der Waals surface area contributed by atoms with Gasteiger partial charge in [-0.2, -0.15) is 0 Å². The van der Waals surface area contributed by atoms with E-state index < -0.39 is 0 Å². The molecular weight excluding hydrogens is 675 g/mol. The minimum atomic E-state index is -0.334. The van der Waals surface area contributed by atoms with Crippen LogP contribution in [0.1, 0.15) is 79.5 Å². The average molecular weight is 722 g/mol. The number of anilines is 3. The van der Waals surface area contributed by atoms with Gasteiger partial charge >= 0.3 is 0 Å². The van der Waals surface area contributed by atoms with E-state index in [4.69, 9.17) is 0 Å². The Balaban J connectivity index is 1.13. The zero-order valence-corrected chi connectivity index (χ0v) is 33.0. The zero-order chi connectivity index (χ0) is 37.9. The number of allylic oxidation sites excluding steroid dienone is 8. The number of hydrogen-bond acceptors (Lipinski definition) is 1. The van der Waals surface area contributed by atoms with Crippen LogP contribution in [0.15, 0.2) is 169 Å². The van der Waals surface area contributed by atoms with E-state index in [0.29, 0.717) is 11.8 Å². The molecule has 0 saturated heterocycles. The van der Waals surface area contributed by atoms with Crippen LogP contribution in [0.2, 0.25) is 0 Å². The van der Waals surface area contributed by atoms with Gasteiger partial charge in [0.1, 0.15) is 0 Å². The summed E-state index contributed by atoms with van der Waals surface area (Å²) in [5, 5.41) is 0. The van der Waals surface area contributed by atoms with Crippen molar-refractivity contribution in [2.75, 3.05) is 4.90 Å². The Bertz CT molecular complexity index is 2700. The Morgan fingerprint density at radius 2 is 1.07 bits per heavy atom. The Morgan fingerprint density at radius 3 is 1.75 bits per heavy atom. The van der Waals surface area contributed by atoms with Gasteiger partial charge in [-0.15, -0.1) is 0 Å². The lowest BCUT2D eigenvalue weighted by Gasteiger charge is -2.35. The Kier molecular flexibility index (Phi) is 7.18. The van der Waals surface area contributed by atoms with E-state index in [2.05, 4.69) is 197 Å². The molecule has 2 atom stereocenters. The maximum absolute atomic E-state index is 2.55. The molecular formula is C55H47N. The van der Waals surface area contributed by atoms with Gasteiger partial charge in [0.15, 0.2) is 0 Å². The molecule has 1 heteroatoms. The van der Waals surface area contributed by atoms with Crippen molar-refractivity contribution >= 4 is 28.2 Å². The molecule has 6 aromatic carbocycles. The predicted molar refractivity (Wildman–Crippen MR) is 236 cm³/mol. The molecule has 0 radical (unpaired) electrons. The fraction of sp³-hybridized carbons (Fsp3) is 0.200. The first-order chi connectivity index (χ1) is 27.2. The number of fused-ring (bicyclic) bond motifs is 11. The van der Waals surface area contributed by atoms with Gasteiger partial charge in [-0.3, -0.25) is 0 Å². The van der Waals surface area contributed by atoms with E-state index >= 15 is 0 Å². The Labute approximate surface area is 332 Å². The maximum atomic E-state index is 2.55. The highest BCUT2D eigenvalue weighted by Crippen LogP contribution is 2.64. The first-order valence-electron chi connectivity index (χ1n) is 20.5. The van der Waals surface area contributed by atoms with Gasteiger partial charge in [0.2, 0.25) is 0 Å². The molecule has 2 unspecified atom stereocenters. The van der Waals surface area contributed by atoms with Crippen molar-refractivity contribution in [3.8, 4) is 22.3 Å². The van der Waals surface area contributed by atoms with Crippen LogP contribution in [0.4, 0.5) is 17.1 Å². The summed E-state index contributed by atoms with van der Waals surface area (Å²) in [5.41, 5.74) is 24.0. The summed E-state index contributed by atoms with van der Waals surface area (Å²) < 4.78 is 0. The number of nitrogens with zero attached hydrogens (tertiary/aromatic N) is 1. The van der Waals surface area contributed by atoms with E-state index in [1.807, 2.05) is 0 Å². The highest BCUT2D eigenvalue weighted by atomic mass is 15.1. The minimum absolute atomic E-state index is 0.0659. The van der Waals surface area contributed by atoms with Crippen LogP contribution in [0.25, 0.3) is 33.4 Å². The second kappa shape index (κ2) is 12.0. The summed E-state index contributed by atoms with van der Waals surface area (Å²) in [4.78, 5) is 2.52. The lowest BCUT2D eigenvalue weighted by molar-refractivity contribution is 0.630. The molecule has 0 aromatic heterocycles. The van der Waals surface area contributed by atoms with Gasteiger partial charge in [-0.25, -0.2) is 0 Å². The molecule has 0 aliphatic heterocycles. The first-order valence-corrected chi connectivity index (χ1v) is 20.5. The summed E-state index contributed by atoms with van der Waals surface area (Å²) in [6, 6.07) is 51.1. The Morgan fingerprint density at radius 1 is 0.518 bits per heavy atom. The van der Waals surface area contributed by atoms with E-state index in [1.165, 1.54) is 89.3 Å². The largest absolute Gasteiger partial charge is 0.310 e. The number of aryl methyl sites for hydroxylation is 1. The molecule has 5 aliphatic carbocycles. The molecule has 0 fully saturated rings. The van der Waals surface area contributed by atoms with Crippen LogP contribution < -0.4 is 4.90 Å². The second-order valence-corrected chi connectivity index (χ2v) is 17.5. The molecule has 1 nitrogen and oxygen atoms in total. The molecule has 272 valence electrons. The summed E-state index contributed by atoms with van der Waals surface area (Å²) in [6.07, 6.45) is 11.8. The summed E-state index contributed by atoms with van der Waals surface area (Å²) in [6.45, 7) is 11.7. The fourth-order valence-electron chi connectivity index (χ4n) is 11.0. The van der Waals surface area contributed by atoms with Crippen LogP contribution in [0.3, 0.4) is 0 Å². The van der Waals surface area contributed by atoms with E-state index in [9.17, 15) is 0 Å². The molecule has 1 spiro atoms. The molecule has 0 saturated carbocycles. The van der Waals surface area contributed by atoms with Gasteiger partial charge in [-0.1, -0.05) is 155 Å². The SMILES string of the molecule is Cc1ccc(-c2ccc(N(c3ccc4c(c3)C(C)(C)C3=C4CC(C)C=C3)c3ccc4c(c3)C3(C5=C4C=CC(C)C5)c4ccccc4-c4ccccc43)cc2)cc1. The standard InChI is InChI=1S/C55H47N/c1-34-14-18-37(19-15-34)38-20-22-39(23-21-38)56(40-25-28-46-47-30-35(2)17-29-48(47)54(4,5)51(46)32-40)41-24-27-45-44-26-16-36(3)31-52(44)55(53(45)33-41)49-12-8-6-10-42(49)43-11-7-9-13-50(43)55/h6-29,32-33,35-36H,30-31H2,1-5H3. The van der Waals surface area contributed by atoms with E-state index in [1.54, 1.807) is 5.57 Å². The smallest absolute Gasteiger partial charge is 0.0689 e. The molecule has 0 N–H and O–H groups in total. The average Bonchev–Trinajstić information content (AvgIpc) is 3.76. The van der Waals surface area contributed by atoms with E-state index in [0.717, 1.165) is 18.5 Å². The number of hydrogen-bond donors (Lipinski definition) is 0. The molecule has 0 amide bonds. The van der Waals surface area contributed by atoms with Crippen molar-refractivity contribution in [2.45, 2.75) is 58.3 Å². The third-order valence-electron chi connectivity index (χ3n) is 13.7. The van der Waals surface area contributed by atoms with Gasteiger partial charge in [0.25, 0.3) is 0 Å². The number of benzene rings is 6. The monoisotopic (exact) mass is 721 g/mol. The van der Waals surface area contributed by atoms with Crippen LogP contribution in [0, 0.1) is 18.8 Å². The second-order valence-electron chi connectivity index (χ2n) is 17.5. The summed E-state index contributed by atoms with van der Waals surface area (Å²) in [5.74, 6) is 1.04. The zero-order valence-electron chi connectivity index (χ0n) is 33.0. The van der Waals surface area contributed by atoms with Crippen molar-refractivity contribution in [3.05, 3.63) is 208 Å². The molecule has 0 bridgehead atoms. The van der Waals surface area contributed by atoms with Crippen LogP contribution >= 0.6 is 0 Å². The third kappa shape index (κ3) is 4.61. The van der Waals surface area contributed by atoms with Crippen LogP contribution in [0.5, 0.6) is 0 Å². The van der Waals surface area contributed by atoms with Gasteiger partial charge in [-0.05, 0) is 146 Å².